The normalized spacial score (nSPS) is 11.7. The van der Waals surface area contributed by atoms with Gasteiger partial charge in [-0.15, -0.1) is 10.2 Å². The monoisotopic (exact) mass is 352 g/mol. The molecule has 0 spiro atoms. The van der Waals surface area contributed by atoms with E-state index < -0.39 is 0 Å². The Morgan fingerprint density at radius 2 is 1.92 bits per heavy atom. The summed E-state index contributed by atoms with van der Waals surface area (Å²) in [6.45, 7) is 1.91. The minimum absolute atomic E-state index is 0.138. The second kappa shape index (κ2) is 7.69. The molecule has 1 heterocycles. The van der Waals surface area contributed by atoms with Crippen molar-refractivity contribution in [1.29, 1.82) is 0 Å². The van der Waals surface area contributed by atoms with Gasteiger partial charge >= 0.3 is 0 Å². The van der Waals surface area contributed by atoms with E-state index in [1.54, 1.807) is 26.3 Å². The highest BCUT2D eigenvalue weighted by Crippen LogP contribution is 2.25. The summed E-state index contributed by atoms with van der Waals surface area (Å²) in [4.78, 5) is 11.7. The number of hydrogen-bond acceptors (Lipinski definition) is 6. The number of nitrogens with zero attached hydrogens (tertiary/aromatic N) is 2. The van der Waals surface area contributed by atoms with Crippen LogP contribution in [0.1, 0.15) is 29.2 Å². The van der Waals surface area contributed by atoms with Gasteiger partial charge in [-0.25, -0.2) is 0 Å². The van der Waals surface area contributed by atoms with Crippen LogP contribution in [0, 0.1) is 0 Å². The molecule has 0 bridgehead atoms. The van der Waals surface area contributed by atoms with Crippen molar-refractivity contribution >= 4 is 11.6 Å². The minimum atomic E-state index is -0.213. The third-order valence-electron chi connectivity index (χ3n) is 3.88. The first-order chi connectivity index (χ1) is 12.6. The molecule has 1 unspecified atom stereocenters. The third kappa shape index (κ3) is 3.83. The van der Waals surface area contributed by atoms with Crippen LogP contribution < -0.4 is 15.4 Å². The molecule has 134 valence electrons. The second-order valence-corrected chi connectivity index (χ2v) is 5.70. The van der Waals surface area contributed by atoms with E-state index in [1.807, 2.05) is 43.3 Å². The largest absolute Gasteiger partial charge is 0.497 e. The zero-order valence-electron chi connectivity index (χ0n) is 14.8. The lowest BCUT2D eigenvalue weighted by atomic mass is 10.1. The predicted octanol–water partition coefficient (Wildman–Crippen LogP) is 3.28. The van der Waals surface area contributed by atoms with Crippen molar-refractivity contribution in [2.24, 2.45) is 0 Å². The number of amides is 1. The van der Waals surface area contributed by atoms with Gasteiger partial charge in [-0.2, -0.15) is 0 Å². The Bertz CT molecular complexity index is 890. The molecule has 7 nitrogen and oxygen atoms in total. The average molecular weight is 352 g/mol. The van der Waals surface area contributed by atoms with E-state index in [0.29, 0.717) is 17.3 Å². The maximum Gasteiger partial charge on any atom is 0.251 e. The number of benzene rings is 2. The fourth-order valence-electron chi connectivity index (χ4n) is 2.47. The fraction of sp³-hybridized carbons (Fsp3) is 0.211. The Kier molecular flexibility index (Phi) is 5.17. The first-order valence-corrected chi connectivity index (χ1v) is 8.17. The van der Waals surface area contributed by atoms with Crippen molar-refractivity contribution in [3.8, 4) is 17.2 Å². The van der Waals surface area contributed by atoms with E-state index in [9.17, 15) is 4.79 Å². The molecule has 1 aromatic heterocycles. The van der Waals surface area contributed by atoms with Crippen molar-refractivity contribution in [1.82, 2.24) is 15.5 Å². The summed E-state index contributed by atoms with van der Waals surface area (Å²) < 4.78 is 10.9. The van der Waals surface area contributed by atoms with Crippen molar-refractivity contribution in [3.63, 3.8) is 0 Å². The predicted molar refractivity (Wildman–Crippen MR) is 98.2 cm³/mol. The lowest BCUT2D eigenvalue weighted by Crippen LogP contribution is -2.18. The molecule has 0 fully saturated rings. The molecule has 0 saturated heterocycles. The number of carbonyl (C=O) groups is 1. The minimum Gasteiger partial charge on any atom is -0.497 e. The summed E-state index contributed by atoms with van der Waals surface area (Å²) in [5.41, 5.74) is 2.19. The smallest absolute Gasteiger partial charge is 0.251 e. The molecule has 0 aliphatic carbocycles. The standard InChI is InChI=1S/C19H20N4O3/c1-12(21-15-6-4-5-14(11-15)17(24)20-2)18-22-23-19(26-18)13-7-9-16(25-3)10-8-13/h4-12,21H,1-3H3,(H,20,24). The number of ether oxygens (including phenoxy) is 1. The average Bonchev–Trinajstić information content (AvgIpc) is 3.18. The summed E-state index contributed by atoms with van der Waals surface area (Å²) in [7, 11) is 3.22. The SMILES string of the molecule is CNC(=O)c1cccc(NC(C)c2nnc(-c3ccc(OC)cc3)o2)c1. The molecule has 0 radical (unpaired) electrons. The summed E-state index contributed by atoms with van der Waals surface area (Å²) >= 11 is 0. The molecule has 2 aromatic carbocycles. The molecule has 3 rings (SSSR count). The Morgan fingerprint density at radius 3 is 2.62 bits per heavy atom. The summed E-state index contributed by atoms with van der Waals surface area (Å²) in [5.74, 6) is 1.52. The molecule has 1 atom stereocenters. The van der Waals surface area contributed by atoms with Crippen LogP contribution in [0.2, 0.25) is 0 Å². The molecule has 0 aliphatic heterocycles. The molecule has 0 aliphatic rings. The molecular weight excluding hydrogens is 332 g/mol. The van der Waals surface area contributed by atoms with Crippen molar-refractivity contribution in [2.45, 2.75) is 13.0 Å². The number of hydrogen-bond donors (Lipinski definition) is 2. The molecule has 0 saturated carbocycles. The van der Waals surface area contributed by atoms with Gasteiger partial charge in [-0.3, -0.25) is 4.79 Å². The zero-order chi connectivity index (χ0) is 18.5. The molecule has 1 amide bonds. The maximum absolute atomic E-state index is 11.7. The van der Waals surface area contributed by atoms with Crippen LogP contribution in [0.3, 0.4) is 0 Å². The molecule has 3 aromatic rings. The van der Waals surface area contributed by atoms with Crippen LogP contribution in [0.4, 0.5) is 5.69 Å². The van der Waals surface area contributed by atoms with Crippen LogP contribution in [0.5, 0.6) is 5.75 Å². The second-order valence-electron chi connectivity index (χ2n) is 5.70. The van der Waals surface area contributed by atoms with Gasteiger partial charge in [0, 0.05) is 23.9 Å². The Hall–Kier alpha value is -3.35. The van der Waals surface area contributed by atoms with E-state index in [-0.39, 0.29) is 11.9 Å². The van der Waals surface area contributed by atoms with Gasteiger partial charge in [0.2, 0.25) is 11.8 Å². The fourth-order valence-corrected chi connectivity index (χ4v) is 2.47. The van der Waals surface area contributed by atoms with Crippen molar-refractivity contribution in [2.75, 3.05) is 19.5 Å². The van der Waals surface area contributed by atoms with E-state index in [0.717, 1.165) is 17.0 Å². The number of aromatic nitrogens is 2. The maximum atomic E-state index is 11.7. The summed E-state index contributed by atoms with van der Waals surface area (Å²) in [6.07, 6.45) is 0. The zero-order valence-corrected chi connectivity index (χ0v) is 14.8. The molecule has 26 heavy (non-hydrogen) atoms. The molecule has 7 heteroatoms. The van der Waals surface area contributed by atoms with E-state index in [4.69, 9.17) is 9.15 Å². The van der Waals surface area contributed by atoms with E-state index in [1.165, 1.54) is 0 Å². The highest BCUT2D eigenvalue weighted by atomic mass is 16.5. The molecular formula is C19H20N4O3. The topological polar surface area (TPSA) is 89.3 Å². The van der Waals surface area contributed by atoms with Crippen LogP contribution in [0.15, 0.2) is 52.9 Å². The number of rotatable bonds is 6. The van der Waals surface area contributed by atoms with Gasteiger partial charge in [0.1, 0.15) is 11.8 Å². The first-order valence-electron chi connectivity index (χ1n) is 8.17. The van der Waals surface area contributed by atoms with E-state index in [2.05, 4.69) is 20.8 Å². The van der Waals surface area contributed by atoms with Gasteiger partial charge < -0.3 is 19.8 Å². The van der Waals surface area contributed by atoms with Crippen LogP contribution >= 0.6 is 0 Å². The van der Waals surface area contributed by atoms with Crippen LogP contribution in [0.25, 0.3) is 11.5 Å². The summed E-state index contributed by atoms with van der Waals surface area (Å²) in [5, 5.41) is 14.1. The van der Waals surface area contributed by atoms with Crippen molar-refractivity contribution in [3.05, 3.63) is 60.0 Å². The highest BCUT2D eigenvalue weighted by molar-refractivity contribution is 5.94. The van der Waals surface area contributed by atoms with Gasteiger partial charge in [0.15, 0.2) is 0 Å². The number of carbonyl (C=O) groups excluding carboxylic acids is 1. The quantitative estimate of drug-likeness (QED) is 0.708. The van der Waals surface area contributed by atoms with Crippen LogP contribution in [-0.2, 0) is 0 Å². The first kappa shape index (κ1) is 17.5. The lowest BCUT2D eigenvalue weighted by molar-refractivity contribution is 0.0963. The third-order valence-corrected chi connectivity index (χ3v) is 3.88. The van der Waals surface area contributed by atoms with Gasteiger partial charge in [0.25, 0.3) is 5.91 Å². The Labute approximate surface area is 151 Å². The lowest BCUT2D eigenvalue weighted by Gasteiger charge is -2.12. The summed E-state index contributed by atoms with van der Waals surface area (Å²) in [6, 6.07) is 14.4. The van der Waals surface area contributed by atoms with Gasteiger partial charge in [-0.1, -0.05) is 6.07 Å². The number of nitrogens with one attached hydrogen (secondary N) is 2. The number of anilines is 1. The highest BCUT2D eigenvalue weighted by Gasteiger charge is 2.15. The van der Waals surface area contributed by atoms with Crippen molar-refractivity contribution < 1.29 is 13.9 Å². The number of methoxy groups -OCH3 is 1. The molecule has 2 N–H and O–H groups in total. The van der Waals surface area contributed by atoms with Crippen LogP contribution in [-0.4, -0.2) is 30.3 Å². The van der Waals surface area contributed by atoms with Gasteiger partial charge in [-0.05, 0) is 49.4 Å². The van der Waals surface area contributed by atoms with Gasteiger partial charge in [0.05, 0.1) is 7.11 Å². The Balaban J connectivity index is 1.73. The van der Waals surface area contributed by atoms with E-state index >= 15 is 0 Å². The Morgan fingerprint density at radius 1 is 1.15 bits per heavy atom.